The van der Waals surface area contributed by atoms with Crippen LogP contribution in [0.3, 0.4) is 0 Å². The van der Waals surface area contributed by atoms with Crippen LogP contribution in [0.5, 0.6) is 0 Å². The molecule has 2 N–H and O–H groups in total. The van der Waals surface area contributed by atoms with E-state index in [0.717, 1.165) is 4.90 Å². The number of hydrogen-bond donors (Lipinski definition) is 2. The van der Waals surface area contributed by atoms with Crippen molar-refractivity contribution in [1.29, 1.82) is 0 Å². The molecule has 9 heteroatoms. The van der Waals surface area contributed by atoms with E-state index in [0.29, 0.717) is 0 Å². The van der Waals surface area contributed by atoms with Gasteiger partial charge in [-0.25, -0.2) is 13.6 Å². The zero-order chi connectivity index (χ0) is 21.3. The Bertz CT molecular complexity index is 752. The summed E-state index contributed by atoms with van der Waals surface area (Å²) < 4.78 is 34.1. The summed E-state index contributed by atoms with van der Waals surface area (Å²) in [6.07, 6.45) is -1.06. The first-order chi connectivity index (χ1) is 12.8. The number of likely N-dealkylation sites (tertiary alicyclic amines) is 1. The normalized spacial score (nSPS) is 23.4. The molecule has 28 heavy (non-hydrogen) atoms. The number of nitrogens with one attached hydrogen (secondary N) is 1. The van der Waals surface area contributed by atoms with Gasteiger partial charge in [0.05, 0.1) is 24.2 Å². The van der Waals surface area contributed by atoms with Gasteiger partial charge in [-0.15, -0.1) is 0 Å². The molecule has 0 radical (unpaired) electrons. The number of rotatable bonds is 4. The van der Waals surface area contributed by atoms with Crippen LogP contribution in [0.15, 0.2) is 18.2 Å². The van der Waals surface area contributed by atoms with E-state index < -0.39 is 47.8 Å². The predicted octanol–water partition coefficient (Wildman–Crippen LogP) is 3.37. The van der Waals surface area contributed by atoms with E-state index in [1.54, 1.807) is 20.8 Å². The molecule has 0 unspecified atom stereocenters. The zero-order valence-corrected chi connectivity index (χ0v) is 17.0. The van der Waals surface area contributed by atoms with E-state index in [4.69, 9.17) is 16.3 Å². The molecule has 1 heterocycles. The second-order valence-corrected chi connectivity index (χ2v) is 8.54. The first-order valence-electron chi connectivity index (χ1n) is 8.88. The largest absolute Gasteiger partial charge is 0.444 e. The van der Waals surface area contributed by atoms with Crippen LogP contribution in [0.1, 0.15) is 45.7 Å². The standard InChI is InChI=1S/C19H25ClF2N2O4/c1-18(2,3)28-17(27)24-10-19(4,22)8-14(24)16(26)23-13(9-25)11-6-5-7-12(20)15(11)21/h5-7,13-14,25H,8-10H2,1-4H3,(H,23,26)/t13-,14+,19-/m1/s1. The summed E-state index contributed by atoms with van der Waals surface area (Å²) >= 11 is 5.75. The lowest BCUT2D eigenvalue weighted by Gasteiger charge is -2.29. The predicted molar refractivity (Wildman–Crippen MR) is 100 cm³/mol. The first-order valence-corrected chi connectivity index (χ1v) is 9.26. The summed E-state index contributed by atoms with van der Waals surface area (Å²) in [4.78, 5) is 26.2. The van der Waals surface area contributed by atoms with Crippen LogP contribution >= 0.6 is 11.6 Å². The first kappa shape index (κ1) is 22.4. The summed E-state index contributed by atoms with van der Waals surface area (Å²) in [6, 6.07) is 1.95. The van der Waals surface area contributed by atoms with E-state index in [1.165, 1.54) is 25.1 Å². The minimum atomic E-state index is -1.78. The summed E-state index contributed by atoms with van der Waals surface area (Å²) in [7, 11) is 0. The van der Waals surface area contributed by atoms with Crippen LogP contribution in [0, 0.1) is 5.82 Å². The third kappa shape index (κ3) is 5.32. The molecule has 1 aliphatic heterocycles. The van der Waals surface area contributed by atoms with Crippen LogP contribution in [-0.4, -0.2) is 52.5 Å². The number of carbonyl (C=O) groups excluding carboxylic acids is 2. The van der Waals surface area contributed by atoms with Gasteiger partial charge in [-0.2, -0.15) is 0 Å². The molecule has 2 rings (SSSR count). The molecule has 1 fully saturated rings. The van der Waals surface area contributed by atoms with Gasteiger partial charge in [0.15, 0.2) is 0 Å². The second kappa shape index (κ2) is 8.21. The molecule has 3 atom stereocenters. The molecule has 1 saturated heterocycles. The fourth-order valence-corrected chi connectivity index (χ4v) is 3.25. The number of aliphatic hydroxyl groups excluding tert-OH is 1. The van der Waals surface area contributed by atoms with Crippen molar-refractivity contribution in [1.82, 2.24) is 10.2 Å². The molecular weight excluding hydrogens is 394 g/mol. The molecule has 2 amide bonds. The SMILES string of the molecule is CC(C)(C)OC(=O)N1C[C@](C)(F)C[C@H]1C(=O)N[C@H](CO)c1cccc(Cl)c1F. The van der Waals surface area contributed by atoms with Gasteiger partial charge in [-0.3, -0.25) is 9.69 Å². The van der Waals surface area contributed by atoms with Crippen LogP contribution in [-0.2, 0) is 9.53 Å². The van der Waals surface area contributed by atoms with Gasteiger partial charge in [0, 0.05) is 12.0 Å². The Morgan fingerprint density at radius 2 is 2.11 bits per heavy atom. The Morgan fingerprint density at radius 3 is 2.68 bits per heavy atom. The molecule has 6 nitrogen and oxygen atoms in total. The molecule has 0 bridgehead atoms. The topological polar surface area (TPSA) is 78.9 Å². The van der Waals surface area contributed by atoms with Crippen LogP contribution in [0.25, 0.3) is 0 Å². The summed E-state index contributed by atoms with van der Waals surface area (Å²) in [5.74, 6) is -1.49. The summed E-state index contributed by atoms with van der Waals surface area (Å²) in [5.41, 5.74) is -2.60. The van der Waals surface area contributed by atoms with Crippen molar-refractivity contribution >= 4 is 23.6 Å². The molecule has 1 aromatic carbocycles. The number of alkyl halides is 1. The Morgan fingerprint density at radius 1 is 1.46 bits per heavy atom. The highest BCUT2D eigenvalue weighted by molar-refractivity contribution is 6.30. The minimum absolute atomic E-state index is 0.00632. The zero-order valence-electron chi connectivity index (χ0n) is 16.3. The fourth-order valence-electron chi connectivity index (χ4n) is 3.07. The molecule has 0 aliphatic carbocycles. The van der Waals surface area contributed by atoms with Crippen LogP contribution in [0.4, 0.5) is 13.6 Å². The Balaban J connectivity index is 2.21. The van der Waals surface area contributed by atoms with Crippen molar-refractivity contribution in [2.24, 2.45) is 0 Å². The second-order valence-electron chi connectivity index (χ2n) is 8.13. The van der Waals surface area contributed by atoms with Gasteiger partial charge in [-0.05, 0) is 33.8 Å². The van der Waals surface area contributed by atoms with Crippen molar-refractivity contribution in [3.8, 4) is 0 Å². The van der Waals surface area contributed by atoms with E-state index >= 15 is 0 Å². The van der Waals surface area contributed by atoms with E-state index in [-0.39, 0.29) is 23.6 Å². The number of aliphatic hydroxyl groups is 1. The van der Waals surface area contributed by atoms with Crippen molar-refractivity contribution in [2.75, 3.05) is 13.2 Å². The van der Waals surface area contributed by atoms with Crippen molar-refractivity contribution in [3.63, 3.8) is 0 Å². The Labute approximate surface area is 167 Å². The minimum Gasteiger partial charge on any atom is -0.444 e. The van der Waals surface area contributed by atoms with Crippen molar-refractivity contribution in [2.45, 2.75) is 57.5 Å². The van der Waals surface area contributed by atoms with Gasteiger partial charge in [-0.1, -0.05) is 23.7 Å². The number of amides is 2. The maximum absolute atomic E-state index is 14.6. The maximum atomic E-state index is 14.6. The number of halogens is 3. The highest BCUT2D eigenvalue weighted by Gasteiger charge is 2.48. The van der Waals surface area contributed by atoms with Gasteiger partial charge >= 0.3 is 6.09 Å². The third-order valence-electron chi connectivity index (χ3n) is 4.28. The molecule has 0 saturated carbocycles. The average Bonchev–Trinajstić information content (AvgIpc) is 2.90. The van der Waals surface area contributed by atoms with E-state index in [2.05, 4.69) is 5.32 Å². The highest BCUT2D eigenvalue weighted by Crippen LogP contribution is 2.32. The molecule has 1 aliphatic rings. The van der Waals surface area contributed by atoms with Crippen molar-refractivity contribution in [3.05, 3.63) is 34.6 Å². The van der Waals surface area contributed by atoms with Crippen LogP contribution < -0.4 is 5.32 Å². The lowest BCUT2D eigenvalue weighted by molar-refractivity contribution is -0.126. The Hall–Kier alpha value is -1.93. The quantitative estimate of drug-likeness (QED) is 0.785. The Kier molecular flexibility index (Phi) is 6.55. The third-order valence-corrected chi connectivity index (χ3v) is 4.57. The summed E-state index contributed by atoms with van der Waals surface area (Å²) in [6.45, 7) is 5.36. The summed E-state index contributed by atoms with van der Waals surface area (Å²) in [5, 5.41) is 11.9. The number of carbonyl (C=O) groups is 2. The lowest BCUT2D eigenvalue weighted by atomic mass is 10.0. The molecule has 156 valence electrons. The molecule has 0 spiro atoms. The van der Waals surface area contributed by atoms with Gasteiger partial charge in [0.25, 0.3) is 0 Å². The highest BCUT2D eigenvalue weighted by atomic mass is 35.5. The lowest BCUT2D eigenvalue weighted by Crippen LogP contribution is -2.48. The monoisotopic (exact) mass is 418 g/mol. The van der Waals surface area contributed by atoms with Crippen LogP contribution in [0.2, 0.25) is 5.02 Å². The fraction of sp³-hybridized carbons (Fsp3) is 0.579. The number of ether oxygens (including phenoxy) is 1. The number of hydrogen-bond acceptors (Lipinski definition) is 4. The average molecular weight is 419 g/mol. The van der Waals surface area contributed by atoms with Gasteiger partial charge < -0.3 is 15.2 Å². The van der Waals surface area contributed by atoms with E-state index in [1.807, 2.05) is 0 Å². The number of nitrogens with zero attached hydrogens (tertiary/aromatic N) is 1. The maximum Gasteiger partial charge on any atom is 0.411 e. The number of benzene rings is 1. The molecule has 1 aromatic rings. The smallest absolute Gasteiger partial charge is 0.411 e. The molecule has 0 aromatic heterocycles. The van der Waals surface area contributed by atoms with E-state index in [9.17, 15) is 23.5 Å². The van der Waals surface area contributed by atoms with Gasteiger partial charge in [0.2, 0.25) is 5.91 Å². The van der Waals surface area contributed by atoms with Crippen molar-refractivity contribution < 1.29 is 28.2 Å². The molecular formula is C19H25ClF2N2O4. The van der Waals surface area contributed by atoms with Gasteiger partial charge in [0.1, 0.15) is 23.1 Å².